The molecule has 0 atom stereocenters. The second kappa shape index (κ2) is 8.22. The molecule has 2 aromatic rings. The van der Waals surface area contributed by atoms with Crippen molar-refractivity contribution in [3.8, 4) is 6.07 Å². The molecule has 0 radical (unpaired) electrons. The fourth-order valence-electron chi connectivity index (χ4n) is 1.72. The van der Waals surface area contributed by atoms with E-state index in [1.54, 1.807) is 24.4 Å². The number of pyridine rings is 1. The van der Waals surface area contributed by atoms with Crippen LogP contribution in [-0.2, 0) is 11.3 Å². The number of carbonyl (C=O) groups excluding carboxylic acids is 1. The number of benzene rings is 1. The van der Waals surface area contributed by atoms with Gasteiger partial charge in [0.25, 0.3) is 0 Å². The SMILES string of the molecule is N#Cc1cncc(C=CCNC(=O)OCc2ccccc2)c1. The number of aromatic nitrogens is 1. The van der Waals surface area contributed by atoms with Gasteiger partial charge in [-0.05, 0) is 17.2 Å². The van der Waals surface area contributed by atoms with E-state index in [-0.39, 0.29) is 6.61 Å². The van der Waals surface area contributed by atoms with Gasteiger partial charge in [0.05, 0.1) is 5.56 Å². The van der Waals surface area contributed by atoms with Crippen LogP contribution < -0.4 is 5.32 Å². The first-order chi connectivity index (χ1) is 10.8. The van der Waals surface area contributed by atoms with Gasteiger partial charge in [-0.25, -0.2) is 4.79 Å². The van der Waals surface area contributed by atoms with Gasteiger partial charge in [0.15, 0.2) is 0 Å². The zero-order valence-electron chi connectivity index (χ0n) is 11.9. The molecule has 0 aliphatic rings. The predicted octanol–water partition coefficient (Wildman–Crippen LogP) is 2.89. The lowest BCUT2D eigenvalue weighted by Gasteiger charge is -2.05. The van der Waals surface area contributed by atoms with Crippen LogP contribution in [-0.4, -0.2) is 17.6 Å². The second-order valence-corrected chi connectivity index (χ2v) is 4.46. The van der Waals surface area contributed by atoms with Crippen LogP contribution in [0.1, 0.15) is 16.7 Å². The molecule has 1 amide bonds. The maximum Gasteiger partial charge on any atom is 0.407 e. The van der Waals surface area contributed by atoms with Gasteiger partial charge in [0.1, 0.15) is 12.7 Å². The van der Waals surface area contributed by atoms with Crippen LogP contribution in [0.4, 0.5) is 4.79 Å². The minimum Gasteiger partial charge on any atom is -0.445 e. The van der Waals surface area contributed by atoms with Crippen molar-refractivity contribution in [3.05, 3.63) is 71.6 Å². The molecular weight excluding hydrogens is 278 g/mol. The van der Waals surface area contributed by atoms with Gasteiger partial charge in [-0.3, -0.25) is 4.98 Å². The first-order valence-corrected chi connectivity index (χ1v) is 6.74. The fourth-order valence-corrected chi connectivity index (χ4v) is 1.72. The first-order valence-electron chi connectivity index (χ1n) is 6.74. The largest absolute Gasteiger partial charge is 0.445 e. The third-order valence-electron chi connectivity index (χ3n) is 2.78. The average molecular weight is 293 g/mol. The number of carbonyl (C=O) groups is 1. The van der Waals surface area contributed by atoms with Crippen molar-refractivity contribution in [2.45, 2.75) is 6.61 Å². The van der Waals surface area contributed by atoms with E-state index in [0.717, 1.165) is 11.1 Å². The fraction of sp³-hybridized carbons (Fsp3) is 0.118. The Bertz CT molecular complexity index is 691. The summed E-state index contributed by atoms with van der Waals surface area (Å²) in [6, 6.07) is 13.2. The van der Waals surface area contributed by atoms with Crippen molar-refractivity contribution in [2.24, 2.45) is 0 Å². The Balaban J connectivity index is 1.72. The average Bonchev–Trinajstić information content (AvgIpc) is 2.58. The van der Waals surface area contributed by atoms with E-state index in [0.29, 0.717) is 12.1 Å². The number of nitrogens with one attached hydrogen (secondary N) is 1. The van der Waals surface area contributed by atoms with E-state index in [1.807, 2.05) is 36.4 Å². The Morgan fingerprint density at radius 2 is 2.14 bits per heavy atom. The van der Waals surface area contributed by atoms with E-state index >= 15 is 0 Å². The lowest BCUT2D eigenvalue weighted by molar-refractivity contribution is 0.141. The van der Waals surface area contributed by atoms with Gasteiger partial charge in [-0.1, -0.05) is 42.5 Å². The molecule has 0 saturated carbocycles. The Kier molecular flexibility index (Phi) is 5.70. The molecule has 0 bridgehead atoms. The highest BCUT2D eigenvalue weighted by molar-refractivity contribution is 5.67. The number of nitriles is 1. The summed E-state index contributed by atoms with van der Waals surface area (Å²) in [5.41, 5.74) is 2.24. The molecule has 0 aliphatic carbocycles. The molecule has 0 fully saturated rings. The third kappa shape index (κ3) is 5.10. The third-order valence-corrected chi connectivity index (χ3v) is 2.78. The maximum absolute atomic E-state index is 11.5. The minimum atomic E-state index is -0.475. The quantitative estimate of drug-likeness (QED) is 0.919. The molecule has 1 N–H and O–H groups in total. The number of hydrogen-bond donors (Lipinski definition) is 1. The summed E-state index contributed by atoms with van der Waals surface area (Å²) in [5.74, 6) is 0. The van der Waals surface area contributed by atoms with E-state index in [9.17, 15) is 4.79 Å². The topological polar surface area (TPSA) is 75.0 Å². The van der Waals surface area contributed by atoms with Gasteiger partial charge < -0.3 is 10.1 Å². The van der Waals surface area contributed by atoms with Crippen LogP contribution in [0.2, 0.25) is 0 Å². The summed E-state index contributed by atoms with van der Waals surface area (Å²) in [7, 11) is 0. The Hall–Kier alpha value is -3.13. The lowest BCUT2D eigenvalue weighted by atomic mass is 10.2. The number of alkyl carbamates (subject to hydrolysis) is 1. The summed E-state index contributed by atoms with van der Waals surface area (Å²) in [5, 5.41) is 11.4. The molecule has 1 aromatic heterocycles. The first kappa shape index (κ1) is 15.3. The van der Waals surface area contributed by atoms with Gasteiger partial charge in [0, 0.05) is 18.9 Å². The molecular formula is C17H15N3O2. The van der Waals surface area contributed by atoms with Crippen LogP contribution >= 0.6 is 0 Å². The minimum absolute atomic E-state index is 0.241. The van der Waals surface area contributed by atoms with Gasteiger partial charge in [-0.2, -0.15) is 5.26 Å². The highest BCUT2D eigenvalue weighted by atomic mass is 16.5. The van der Waals surface area contributed by atoms with Crippen molar-refractivity contribution in [1.82, 2.24) is 10.3 Å². The molecule has 1 heterocycles. The highest BCUT2D eigenvalue weighted by Crippen LogP contribution is 2.03. The Morgan fingerprint density at radius 1 is 1.32 bits per heavy atom. The predicted molar refractivity (Wildman–Crippen MR) is 82.6 cm³/mol. The van der Waals surface area contributed by atoms with Crippen LogP contribution in [0.25, 0.3) is 6.08 Å². The molecule has 0 unspecified atom stereocenters. The maximum atomic E-state index is 11.5. The van der Waals surface area contributed by atoms with Crippen molar-refractivity contribution in [1.29, 1.82) is 5.26 Å². The smallest absolute Gasteiger partial charge is 0.407 e. The molecule has 1 aromatic carbocycles. The molecule has 0 saturated heterocycles. The lowest BCUT2D eigenvalue weighted by Crippen LogP contribution is -2.24. The molecule has 0 spiro atoms. The number of amides is 1. The Labute approximate surface area is 128 Å². The van der Waals surface area contributed by atoms with Crippen molar-refractivity contribution in [3.63, 3.8) is 0 Å². The van der Waals surface area contributed by atoms with Crippen molar-refractivity contribution >= 4 is 12.2 Å². The summed E-state index contributed by atoms with van der Waals surface area (Å²) < 4.78 is 5.08. The van der Waals surface area contributed by atoms with E-state index in [4.69, 9.17) is 10.00 Å². The summed E-state index contributed by atoms with van der Waals surface area (Å²) in [6.45, 7) is 0.578. The monoisotopic (exact) mass is 293 g/mol. The molecule has 110 valence electrons. The molecule has 5 nitrogen and oxygen atoms in total. The molecule has 5 heteroatoms. The zero-order valence-corrected chi connectivity index (χ0v) is 11.9. The number of ether oxygens (including phenoxy) is 1. The van der Waals surface area contributed by atoms with Crippen LogP contribution in [0, 0.1) is 11.3 Å². The van der Waals surface area contributed by atoms with Gasteiger partial charge in [-0.15, -0.1) is 0 Å². The van der Waals surface area contributed by atoms with Crippen LogP contribution in [0.3, 0.4) is 0 Å². The second-order valence-electron chi connectivity index (χ2n) is 4.46. The van der Waals surface area contributed by atoms with E-state index < -0.39 is 6.09 Å². The van der Waals surface area contributed by atoms with Crippen LogP contribution in [0.5, 0.6) is 0 Å². The standard InChI is InChI=1S/C17H15N3O2/c18-10-16-9-15(11-19-12-16)7-4-8-20-17(21)22-13-14-5-2-1-3-6-14/h1-7,9,11-12H,8,13H2,(H,20,21). The normalized spacial score (nSPS) is 10.1. The van der Waals surface area contributed by atoms with Crippen molar-refractivity contribution < 1.29 is 9.53 Å². The number of nitrogens with zero attached hydrogens (tertiary/aromatic N) is 2. The molecule has 2 rings (SSSR count). The van der Waals surface area contributed by atoms with Gasteiger partial charge in [0.2, 0.25) is 0 Å². The molecule has 22 heavy (non-hydrogen) atoms. The zero-order chi connectivity index (χ0) is 15.6. The van der Waals surface area contributed by atoms with Crippen molar-refractivity contribution in [2.75, 3.05) is 6.54 Å². The van der Waals surface area contributed by atoms with Crippen LogP contribution in [0.15, 0.2) is 54.9 Å². The van der Waals surface area contributed by atoms with Gasteiger partial charge >= 0.3 is 6.09 Å². The highest BCUT2D eigenvalue weighted by Gasteiger charge is 2.00. The summed E-state index contributed by atoms with van der Waals surface area (Å²) >= 11 is 0. The summed E-state index contributed by atoms with van der Waals surface area (Å²) in [4.78, 5) is 15.5. The number of hydrogen-bond acceptors (Lipinski definition) is 4. The summed E-state index contributed by atoms with van der Waals surface area (Å²) in [6.07, 6.45) is 6.21. The Morgan fingerprint density at radius 3 is 2.91 bits per heavy atom. The van der Waals surface area contributed by atoms with E-state index in [1.165, 1.54) is 6.20 Å². The van der Waals surface area contributed by atoms with E-state index in [2.05, 4.69) is 10.3 Å². The molecule has 0 aliphatic heterocycles. The number of rotatable bonds is 5.